The van der Waals surface area contributed by atoms with Crippen LogP contribution in [0.25, 0.3) is 0 Å². The predicted octanol–water partition coefficient (Wildman–Crippen LogP) is 2.61. The summed E-state index contributed by atoms with van der Waals surface area (Å²) < 4.78 is 11.2. The number of hydrogen-bond donors (Lipinski definition) is 2. The molecule has 0 aliphatic carbocycles. The average Bonchev–Trinajstić information content (AvgIpc) is 3.64. The molecule has 2 N–H and O–H groups in total. The lowest BCUT2D eigenvalue weighted by molar-refractivity contribution is -0.144. The Morgan fingerprint density at radius 3 is 2.49 bits per heavy atom. The summed E-state index contributed by atoms with van der Waals surface area (Å²) in [6.45, 7) is 9.58. The molecule has 43 heavy (non-hydrogen) atoms. The molecule has 3 heterocycles. The minimum atomic E-state index is -0.935. The minimum Gasteiger partial charge on any atom is -0.481 e. The van der Waals surface area contributed by atoms with Gasteiger partial charge in [-0.25, -0.2) is 0 Å². The van der Waals surface area contributed by atoms with Crippen LogP contribution in [0.5, 0.6) is 11.5 Å². The number of hydrogen-bond acceptors (Lipinski definition) is 8. The largest absolute Gasteiger partial charge is 0.481 e. The molecule has 2 saturated heterocycles. The second kappa shape index (κ2) is 14.3. The number of benzene rings is 1. The number of ether oxygens (including phenoxy) is 2. The van der Waals surface area contributed by atoms with E-state index >= 15 is 0 Å². The van der Waals surface area contributed by atoms with E-state index in [0.717, 1.165) is 37.8 Å². The molecule has 0 spiro atoms. The van der Waals surface area contributed by atoms with Gasteiger partial charge in [0.1, 0.15) is 0 Å². The number of carbonyl (C=O) groups is 3. The molecule has 0 radical (unpaired) electrons. The highest BCUT2D eigenvalue weighted by Crippen LogP contribution is 2.45. The van der Waals surface area contributed by atoms with E-state index in [4.69, 9.17) is 9.47 Å². The standard InChI is InChI=1S/C32H50N4O7/c1-6-7-12-34(13-8-11-33(4)5)27(38)19-36-18-24(22-16-23(20-37)29-26(17-22)42-21-43-29)28(30(39)40)25(36)9-14-35-15-10-32(2,3)31(35)41/h16-17,24-25,28,37H,6-15,18-21H2,1-5H3,(H,39,40)/t24-,25+,28-/m1/s1. The molecular weight excluding hydrogens is 552 g/mol. The van der Waals surface area contributed by atoms with Crippen molar-refractivity contribution in [2.45, 2.75) is 71.4 Å². The minimum absolute atomic E-state index is 0.00195. The number of carbonyl (C=O) groups excluding carboxylic acids is 2. The number of carboxylic acids is 1. The Kier molecular flexibility index (Phi) is 10.9. The van der Waals surface area contributed by atoms with Crippen LogP contribution in [0, 0.1) is 11.3 Å². The Balaban J connectivity index is 1.61. The molecule has 3 atom stereocenters. The SMILES string of the molecule is CCCCN(CCCN(C)C)C(=O)CN1C[C@H](c2cc(CO)c3c(c2)OCO3)[C@@H](C(=O)O)[C@@H]1CCN1CCC(C)(C)C1=O. The van der Waals surface area contributed by atoms with Gasteiger partial charge in [0.05, 0.1) is 19.1 Å². The third kappa shape index (κ3) is 7.61. The summed E-state index contributed by atoms with van der Waals surface area (Å²) in [5.74, 6) is -1.10. The van der Waals surface area contributed by atoms with Crippen molar-refractivity contribution in [2.75, 3.05) is 66.7 Å². The molecular formula is C32H50N4O7. The number of nitrogens with zero attached hydrogens (tertiary/aromatic N) is 4. The van der Waals surface area contributed by atoms with Gasteiger partial charge in [0.2, 0.25) is 18.6 Å². The lowest BCUT2D eigenvalue weighted by atomic mass is 9.83. The van der Waals surface area contributed by atoms with Gasteiger partial charge >= 0.3 is 5.97 Å². The number of amides is 2. The second-order valence-corrected chi connectivity index (χ2v) is 13.1. The number of likely N-dealkylation sites (tertiary alicyclic amines) is 2. The number of aliphatic carboxylic acids is 1. The van der Waals surface area contributed by atoms with Gasteiger partial charge in [0.25, 0.3) is 0 Å². The molecule has 0 unspecified atom stereocenters. The van der Waals surface area contributed by atoms with Gasteiger partial charge in [0, 0.05) is 55.7 Å². The summed E-state index contributed by atoms with van der Waals surface area (Å²) in [6.07, 6.45) is 3.97. The van der Waals surface area contributed by atoms with E-state index in [1.807, 2.05) is 48.7 Å². The van der Waals surface area contributed by atoms with Crippen LogP contribution in [-0.2, 0) is 21.0 Å². The second-order valence-electron chi connectivity index (χ2n) is 13.1. The predicted molar refractivity (Wildman–Crippen MR) is 162 cm³/mol. The molecule has 11 nitrogen and oxygen atoms in total. The summed E-state index contributed by atoms with van der Waals surface area (Å²) in [7, 11) is 4.04. The van der Waals surface area contributed by atoms with Gasteiger partial charge in [-0.05, 0) is 64.0 Å². The van der Waals surface area contributed by atoms with E-state index in [1.54, 1.807) is 6.07 Å². The molecule has 4 rings (SSSR count). The summed E-state index contributed by atoms with van der Waals surface area (Å²) in [4.78, 5) is 47.6. The van der Waals surface area contributed by atoms with Crippen LogP contribution in [-0.4, -0.2) is 120 Å². The number of aliphatic hydroxyl groups is 1. The van der Waals surface area contributed by atoms with Crippen LogP contribution in [0.1, 0.15) is 69.9 Å². The fraction of sp³-hybridized carbons (Fsp3) is 0.719. The van der Waals surface area contributed by atoms with Crippen LogP contribution < -0.4 is 9.47 Å². The van der Waals surface area contributed by atoms with Gasteiger partial charge in [-0.1, -0.05) is 27.2 Å². The van der Waals surface area contributed by atoms with Crippen molar-refractivity contribution in [3.63, 3.8) is 0 Å². The van der Waals surface area contributed by atoms with Gasteiger partial charge in [-0.2, -0.15) is 0 Å². The van der Waals surface area contributed by atoms with E-state index in [1.165, 1.54) is 0 Å². The Hall–Kier alpha value is -2.89. The maximum atomic E-state index is 13.8. The monoisotopic (exact) mass is 602 g/mol. The maximum absolute atomic E-state index is 13.8. The molecule has 1 aromatic carbocycles. The van der Waals surface area contributed by atoms with Gasteiger partial charge < -0.3 is 34.4 Å². The first-order valence-corrected chi connectivity index (χ1v) is 15.7. The number of unbranched alkanes of at least 4 members (excludes halogenated alkanes) is 1. The highest BCUT2D eigenvalue weighted by Gasteiger charge is 2.48. The lowest BCUT2D eigenvalue weighted by Gasteiger charge is -2.31. The van der Waals surface area contributed by atoms with Crippen molar-refractivity contribution in [2.24, 2.45) is 11.3 Å². The Labute approximate surface area is 255 Å². The van der Waals surface area contributed by atoms with Gasteiger partial charge in [-0.3, -0.25) is 19.3 Å². The number of rotatable bonds is 15. The van der Waals surface area contributed by atoms with Crippen molar-refractivity contribution >= 4 is 17.8 Å². The Morgan fingerprint density at radius 2 is 1.86 bits per heavy atom. The van der Waals surface area contributed by atoms with Crippen LogP contribution in [0.15, 0.2) is 12.1 Å². The van der Waals surface area contributed by atoms with Crippen molar-refractivity contribution in [3.05, 3.63) is 23.3 Å². The first kappa shape index (κ1) is 33.0. The quantitative estimate of drug-likeness (QED) is 0.312. The topological polar surface area (TPSA) is 123 Å². The fourth-order valence-corrected chi connectivity index (χ4v) is 6.74. The molecule has 1 aromatic rings. The first-order valence-electron chi connectivity index (χ1n) is 15.7. The van der Waals surface area contributed by atoms with E-state index in [0.29, 0.717) is 56.2 Å². The zero-order valence-electron chi connectivity index (χ0n) is 26.5. The number of aliphatic hydroxyl groups excluding tert-OH is 1. The van der Waals surface area contributed by atoms with Crippen LogP contribution in [0.4, 0.5) is 0 Å². The molecule has 3 aliphatic rings. The zero-order valence-corrected chi connectivity index (χ0v) is 26.5. The van der Waals surface area contributed by atoms with E-state index in [-0.39, 0.29) is 31.8 Å². The number of fused-ring (bicyclic) bond motifs is 1. The third-order valence-corrected chi connectivity index (χ3v) is 9.28. The molecule has 11 heteroatoms. The highest BCUT2D eigenvalue weighted by atomic mass is 16.7. The summed E-state index contributed by atoms with van der Waals surface area (Å²) >= 11 is 0. The fourth-order valence-electron chi connectivity index (χ4n) is 6.74. The van der Waals surface area contributed by atoms with Crippen molar-refractivity contribution in [3.8, 4) is 11.5 Å². The maximum Gasteiger partial charge on any atom is 0.308 e. The van der Waals surface area contributed by atoms with Crippen LogP contribution in [0.3, 0.4) is 0 Å². The lowest BCUT2D eigenvalue weighted by Crippen LogP contribution is -2.46. The van der Waals surface area contributed by atoms with Gasteiger partial charge in [0.15, 0.2) is 11.5 Å². The van der Waals surface area contributed by atoms with Crippen LogP contribution >= 0.6 is 0 Å². The summed E-state index contributed by atoms with van der Waals surface area (Å²) in [5.41, 5.74) is 0.879. The zero-order chi connectivity index (χ0) is 31.3. The highest BCUT2D eigenvalue weighted by molar-refractivity contribution is 5.84. The summed E-state index contributed by atoms with van der Waals surface area (Å²) in [5, 5.41) is 20.6. The first-order chi connectivity index (χ1) is 20.5. The van der Waals surface area contributed by atoms with E-state index < -0.39 is 29.3 Å². The molecule has 2 amide bonds. The molecule has 0 aromatic heterocycles. The van der Waals surface area contributed by atoms with Crippen molar-refractivity contribution in [1.29, 1.82) is 0 Å². The van der Waals surface area contributed by atoms with Crippen LogP contribution in [0.2, 0.25) is 0 Å². The molecule has 0 saturated carbocycles. The Bertz CT molecular complexity index is 1160. The normalized spacial score (nSPS) is 23.0. The Morgan fingerprint density at radius 1 is 1.12 bits per heavy atom. The van der Waals surface area contributed by atoms with Crippen molar-refractivity contribution < 1.29 is 34.1 Å². The molecule has 0 bridgehead atoms. The van der Waals surface area contributed by atoms with Crippen molar-refractivity contribution in [1.82, 2.24) is 19.6 Å². The average molecular weight is 603 g/mol. The third-order valence-electron chi connectivity index (χ3n) is 9.28. The smallest absolute Gasteiger partial charge is 0.308 e. The van der Waals surface area contributed by atoms with Gasteiger partial charge in [-0.15, -0.1) is 0 Å². The molecule has 240 valence electrons. The number of carboxylic acid groups (broad SMARTS) is 1. The van der Waals surface area contributed by atoms with E-state index in [9.17, 15) is 24.6 Å². The van der Waals surface area contributed by atoms with E-state index in [2.05, 4.69) is 11.8 Å². The molecule has 3 aliphatic heterocycles. The molecule has 2 fully saturated rings. The summed E-state index contributed by atoms with van der Waals surface area (Å²) in [6, 6.07) is 3.17.